The lowest BCUT2D eigenvalue weighted by atomic mass is 10.3. The van der Waals surface area contributed by atoms with E-state index in [9.17, 15) is 18.5 Å². The molecule has 15 heteroatoms. The molecule has 0 aromatic rings. The molecule has 0 heterocycles. The summed E-state index contributed by atoms with van der Waals surface area (Å²) in [5.41, 5.74) is 0. The van der Waals surface area contributed by atoms with Crippen molar-refractivity contribution in [1.82, 2.24) is 0 Å². The van der Waals surface area contributed by atoms with Crippen LogP contribution in [0.4, 0.5) is 0 Å². The van der Waals surface area contributed by atoms with E-state index in [-0.39, 0.29) is 6.42 Å². The van der Waals surface area contributed by atoms with Crippen LogP contribution in [0.5, 0.6) is 0 Å². The third-order valence-electron chi connectivity index (χ3n) is 1.31. The van der Waals surface area contributed by atoms with Crippen LogP contribution in [-0.2, 0) is 36.4 Å². The molecule has 0 amide bonds. The highest BCUT2D eigenvalue weighted by atomic mass is 31.3. The number of esters is 1. The lowest BCUT2D eigenvalue weighted by Gasteiger charge is -2.15. The predicted molar refractivity (Wildman–Crippen MR) is 60.8 cm³/mol. The summed E-state index contributed by atoms with van der Waals surface area (Å²) in [6.45, 7) is 0.603. The van der Waals surface area contributed by atoms with Crippen LogP contribution in [0.1, 0.15) is 19.8 Å². The maximum absolute atomic E-state index is 11.1. The van der Waals surface area contributed by atoms with Crippen molar-refractivity contribution >= 4 is 29.4 Å². The summed E-state index contributed by atoms with van der Waals surface area (Å²) >= 11 is 0. The monoisotopic (exact) mass is 358 g/mol. The molecule has 2 unspecified atom stereocenters. The van der Waals surface area contributed by atoms with Gasteiger partial charge in [-0.1, -0.05) is 6.92 Å². The molecule has 4 N–H and O–H groups in total. The highest BCUT2D eigenvalue weighted by molar-refractivity contribution is 7.66. The third kappa shape index (κ3) is 10.6. The van der Waals surface area contributed by atoms with E-state index in [4.69, 9.17) is 19.6 Å². The van der Waals surface area contributed by atoms with Gasteiger partial charge in [-0.15, -0.1) is 0 Å². The molecule has 12 nitrogen and oxygen atoms in total. The Morgan fingerprint density at radius 3 is 2.00 bits per heavy atom. The Kier molecular flexibility index (Phi) is 7.72. The van der Waals surface area contributed by atoms with Crippen molar-refractivity contribution in [2.75, 3.05) is 6.79 Å². The Labute approximate surface area is 113 Å². The molecule has 0 aliphatic heterocycles. The summed E-state index contributed by atoms with van der Waals surface area (Å²) in [6.07, 6.45) is 0.466. The van der Waals surface area contributed by atoms with Crippen molar-refractivity contribution in [1.29, 1.82) is 0 Å². The molecule has 0 saturated heterocycles. The third-order valence-corrected chi connectivity index (χ3v) is 5.06. The molecule has 0 bridgehead atoms. The number of hydrogen-bond acceptors (Lipinski definition) is 8. The molecule has 0 radical (unpaired) electrons. The average Bonchev–Trinajstić information content (AvgIpc) is 2.10. The minimum Gasteiger partial charge on any atom is -0.438 e. The van der Waals surface area contributed by atoms with Gasteiger partial charge in [0.2, 0.25) is 6.79 Å². The standard InChI is InChI=1S/C5H13O12P3/c1-2-3-5(6)14-4-15-19(10,11)17-20(12,13)16-18(7,8)9/h2-4H2,1H3,(H,10,11)(H,12,13)(H2,7,8,9). The number of phosphoric acid groups is 3. The highest BCUT2D eigenvalue weighted by Gasteiger charge is 2.40. The van der Waals surface area contributed by atoms with Gasteiger partial charge in [0.1, 0.15) is 0 Å². The molecule has 0 aromatic carbocycles. The van der Waals surface area contributed by atoms with Gasteiger partial charge in [-0.3, -0.25) is 4.79 Å². The van der Waals surface area contributed by atoms with Crippen LogP contribution < -0.4 is 0 Å². The molecule has 0 spiro atoms. The van der Waals surface area contributed by atoms with Gasteiger partial charge in [0, 0.05) is 6.42 Å². The zero-order valence-corrected chi connectivity index (χ0v) is 12.7. The zero-order valence-electron chi connectivity index (χ0n) is 10.0. The van der Waals surface area contributed by atoms with Crippen LogP contribution in [0.25, 0.3) is 0 Å². The number of ether oxygens (including phenoxy) is 1. The summed E-state index contributed by atoms with van der Waals surface area (Å²) in [5, 5.41) is 0. The summed E-state index contributed by atoms with van der Waals surface area (Å²) in [5.74, 6) is -0.758. The van der Waals surface area contributed by atoms with Gasteiger partial charge < -0.3 is 24.3 Å². The first kappa shape index (κ1) is 19.9. The Bertz CT molecular complexity index is 466. The number of hydrogen-bond donors (Lipinski definition) is 4. The second-order valence-corrected chi connectivity index (χ2v) is 7.52. The molecule has 0 rings (SSSR count). The smallest absolute Gasteiger partial charge is 0.438 e. The Morgan fingerprint density at radius 1 is 1.00 bits per heavy atom. The van der Waals surface area contributed by atoms with E-state index in [1.165, 1.54) is 0 Å². The van der Waals surface area contributed by atoms with Crippen molar-refractivity contribution in [3.05, 3.63) is 0 Å². The zero-order chi connectivity index (χ0) is 16.0. The molecule has 0 aromatic heterocycles. The quantitative estimate of drug-likeness (QED) is 0.256. The van der Waals surface area contributed by atoms with E-state index in [2.05, 4.69) is 17.9 Å². The summed E-state index contributed by atoms with van der Waals surface area (Å²) in [4.78, 5) is 45.1. The number of carbonyl (C=O) groups excluding carboxylic acids is 1. The maximum atomic E-state index is 11.1. The summed E-state index contributed by atoms with van der Waals surface area (Å²) < 4.78 is 47.4. The van der Waals surface area contributed by atoms with Gasteiger partial charge >= 0.3 is 29.4 Å². The molecule has 0 aliphatic carbocycles. The van der Waals surface area contributed by atoms with Crippen LogP contribution in [0, 0.1) is 0 Å². The lowest BCUT2D eigenvalue weighted by molar-refractivity contribution is -0.150. The first-order chi connectivity index (χ1) is 8.87. The molecule has 20 heavy (non-hydrogen) atoms. The fourth-order valence-electron chi connectivity index (χ4n) is 0.738. The van der Waals surface area contributed by atoms with Crippen molar-refractivity contribution in [2.24, 2.45) is 0 Å². The molecule has 0 aliphatic rings. The van der Waals surface area contributed by atoms with E-state index >= 15 is 0 Å². The largest absolute Gasteiger partial charge is 0.490 e. The lowest BCUT2D eigenvalue weighted by Crippen LogP contribution is -2.07. The average molecular weight is 358 g/mol. The van der Waals surface area contributed by atoms with Gasteiger partial charge in [0.05, 0.1) is 0 Å². The van der Waals surface area contributed by atoms with Crippen LogP contribution in [-0.4, -0.2) is 32.3 Å². The van der Waals surface area contributed by atoms with Gasteiger partial charge in [-0.25, -0.2) is 18.2 Å². The van der Waals surface area contributed by atoms with Gasteiger partial charge in [0.25, 0.3) is 0 Å². The van der Waals surface area contributed by atoms with Crippen molar-refractivity contribution in [3.63, 3.8) is 0 Å². The minimum atomic E-state index is -5.55. The molecule has 2 atom stereocenters. The normalized spacial score (nSPS) is 18.1. The minimum absolute atomic E-state index is 0.0136. The van der Waals surface area contributed by atoms with Crippen LogP contribution >= 0.6 is 23.5 Å². The first-order valence-electron chi connectivity index (χ1n) is 4.81. The summed E-state index contributed by atoms with van der Waals surface area (Å²) in [6, 6.07) is 0. The van der Waals surface area contributed by atoms with Crippen LogP contribution in [0.15, 0.2) is 0 Å². The van der Waals surface area contributed by atoms with Crippen LogP contribution in [0.3, 0.4) is 0 Å². The van der Waals surface area contributed by atoms with Gasteiger partial charge in [-0.05, 0) is 6.42 Å². The molecule has 0 fully saturated rings. The highest BCUT2D eigenvalue weighted by Crippen LogP contribution is 2.66. The fourth-order valence-corrected chi connectivity index (χ4v) is 3.62. The molecule has 0 saturated carbocycles. The second kappa shape index (κ2) is 7.77. The number of phosphoric ester groups is 1. The van der Waals surface area contributed by atoms with Gasteiger partial charge in [0.15, 0.2) is 0 Å². The number of carbonyl (C=O) groups is 1. The van der Waals surface area contributed by atoms with E-state index in [0.29, 0.717) is 6.42 Å². The van der Waals surface area contributed by atoms with E-state index in [1.54, 1.807) is 6.92 Å². The van der Waals surface area contributed by atoms with E-state index < -0.39 is 36.2 Å². The Morgan fingerprint density at radius 2 is 1.55 bits per heavy atom. The van der Waals surface area contributed by atoms with Crippen molar-refractivity contribution < 1.29 is 55.9 Å². The molecule has 120 valence electrons. The fraction of sp³-hybridized carbons (Fsp3) is 0.800. The molecular formula is C5H13O12P3. The first-order valence-corrected chi connectivity index (χ1v) is 9.33. The predicted octanol–water partition coefficient (Wildman–Crippen LogP) is 0.630. The number of rotatable bonds is 9. The maximum Gasteiger partial charge on any atom is 0.490 e. The SMILES string of the molecule is CCCC(=O)OCOP(=O)(O)OP(=O)(O)OP(=O)(O)O. The Balaban J connectivity index is 4.38. The molecular weight excluding hydrogens is 345 g/mol. The van der Waals surface area contributed by atoms with E-state index in [0.717, 1.165) is 0 Å². The summed E-state index contributed by atoms with van der Waals surface area (Å²) in [7, 11) is -16.2. The van der Waals surface area contributed by atoms with Crippen molar-refractivity contribution in [2.45, 2.75) is 19.8 Å². The topological polar surface area (TPSA) is 186 Å². The van der Waals surface area contributed by atoms with E-state index in [1.807, 2.05) is 0 Å². The van der Waals surface area contributed by atoms with Crippen molar-refractivity contribution in [3.8, 4) is 0 Å². The van der Waals surface area contributed by atoms with Gasteiger partial charge in [-0.2, -0.15) is 8.62 Å². The van der Waals surface area contributed by atoms with Crippen LogP contribution in [0.2, 0.25) is 0 Å². The Hall–Kier alpha value is -0.120. The second-order valence-electron chi connectivity index (χ2n) is 3.10.